The van der Waals surface area contributed by atoms with Crippen LogP contribution < -0.4 is 10.1 Å². The maximum atomic E-state index is 14.0. The first-order valence-corrected chi connectivity index (χ1v) is 14.9. The van der Waals surface area contributed by atoms with Crippen LogP contribution in [0.2, 0.25) is 0 Å². The van der Waals surface area contributed by atoms with Crippen LogP contribution in [0.5, 0.6) is 5.75 Å². The summed E-state index contributed by atoms with van der Waals surface area (Å²) in [6.07, 6.45) is 14.6. The minimum absolute atomic E-state index is 0.00398. The van der Waals surface area contributed by atoms with Gasteiger partial charge in [-0.2, -0.15) is 0 Å². The first kappa shape index (κ1) is 35.1. The zero-order valence-electron chi connectivity index (χ0n) is 26.0. The van der Waals surface area contributed by atoms with Gasteiger partial charge in [-0.25, -0.2) is 4.39 Å². The molecular weight excluding hydrogens is 541 g/mol. The number of benzene rings is 1. The zero-order chi connectivity index (χ0) is 31.8. The molecule has 0 bridgehead atoms. The summed E-state index contributed by atoms with van der Waals surface area (Å²) in [4.78, 5) is 12.4. The molecule has 1 aliphatic heterocycles. The molecule has 0 atom stereocenters. The van der Waals surface area contributed by atoms with Gasteiger partial charge in [0.25, 0.3) is 0 Å². The van der Waals surface area contributed by atoms with Gasteiger partial charge in [-0.15, -0.1) is 0 Å². The van der Waals surface area contributed by atoms with Crippen LogP contribution in [0.1, 0.15) is 70.2 Å². The highest BCUT2D eigenvalue weighted by Crippen LogP contribution is 2.34. The van der Waals surface area contributed by atoms with Gasteiger partial charge < -0.3 is 14.8 Å². The Morgan fingerprint density at radius 3 is 2.40 bits per heavy atom. The molecule has 0 fully saturated rings. The third-order valence-corrected chi connectivity index (χ3v) is 6.54. The van der Waals surface area contributed by atoms with E-state index in [2.05, 4.69) is 39.2 Å². The standard InChI is InChI=1S/C36H46FN3O3/c1-7-9-10-11-26(5)12-13-27(6)31-23-35(39)40-34(38)19-16-29(20-21-37)36(31)33(22-25(3)4)43-30-17-14-28(15-18-30)32(41)24-42-8-2/h12-20,23,25H,5-11,21-22,24H2,1-4H3,(H3,38,39,40)/b13-12-,19-16+,29-20-,31-23+,36-33-. The molecule has 0 radical (unpaired) electrons. The van der Waals surface area contributed by atoms with Crippen LogP contribution in [0, 0.1) is 16.7 Å². The summed E-state index contributed by atoms with van der Waals surface area (Å²) >= 11 is 0. The van der Waals surface area contributed by atoms with Crippen LogP contribution in [-0.2, 0) is 4.74 Å². The third kappa shape index (κ3) is 12.0. The van der Waals surface area contributed by atoms with Crippen molar-refractivity contribution in [1.82, 2.24) is 5.32 Å². The molecule has 0 amide bonds. The fourth-order valence-electron chi connectivity index (χ4n) is 4.36. The van der Waals surface area contributed by atoms with Crippen molar-refractivity contribution in [3.05, 3.63) is 113 Å². The quantitative estimate of drug-likeness (QED) is 0.0780. The molecule has 1 aliphatic rings. The van der Waals surface area contributed by atoms with Crippen molar-refractivity contribution in [2.24, 2.45) is 5.92 Å². The molecule has 1 aromatic rings. The van der Waals surface area contributed by atoms with Gasteiger partial charge in [0.15, 0.2) is 5.78 Å². The molecule has 0 spiro atoms. The number of hydrogen-bond acceptors (Lipinski definition) is 5. The number of unbranched alkanes of at least 4 members (excludes halogenated alkanes) is 2. The van der Waals surface area contributed by atoms with Gasteiger partial charge in [-0.3, -0.25) is 15.6 Å². The van der Waals surface area contributed by atoms with Gasteiger partial charge in [0.1, 0.15) is 36.5 Å². The summed E-state index contributed by atoms with van der Waals surface area (Å²) in [6.45, 7) is 16.3. The van der Waals surface area contributed by atoms with Gasteiger partial charge >= 0.3 is 0 Å². The molecule has 7 heteroatoms. The van der Waals surface area contributed by atoms with Crippen molar-refractivity contribution < 1.29 is 18.7 Å². The number of ketones is 1. The molecule has 0 unspecified atom stereocenters. The monoisotopic (exact) mass is 587 g/mol. The number of Topliss-reactive ketones (excluding diaryl/α,β-unsaturated/α-hetero) is 1. The Kier molecular flexibility index (Phi) is 15.1. The lowest BCUT2D eigenvalue weighted by Crippen LogP contribution is -2.26. The maximum Gasteiger partial charge on any atom is 0.188 e. The molecule has 0 saturated carbocycles. The van der Waals surface area contributed by atoms with E-state index in [1.54, 1.807) is 36.4 Å². The van der Waals surface area contributed by atoms with Crippen LogP contribution in [0.4, 0.5) is 4.39 Å². The van der Waals surface area contributed by atoms with E-state index in [-0.39, 0.29) is 30.0 Å². The van der Waals surface area contributed by atoms with Gasteiger partial charge in [0.2, 0.25) is 0 Å². The van der Waals surface area contributed by atoms with E-state index in [0.29, 0.717) is 52.4 Å². The van der Waals surface area contributed by atoms with Gasteiger partial charge in [-0.1, -0.05) is 70.6 Å². The molecule has 1 aromatic carbocycles. The summed E-state index contributed by atoms with van der Waals surface area (Å²) in [5.41, 5.74) is 3.71. The zero-order valence-corrected chi connectivity index (χ0v) is 26.0. The lowest BCUT2D eigenvalue weighted by molar-refractivity contribution is 0.0783. The smallest absolute Gasteiger partial charge is 0.188 e. The van der Waals surface area contributed by atoms with Gasteiger partial charge in [-0.05, 0) is 84.9 Å². The Bertz CT molecular complexity index is 1330. The molecule has 0 aromatic heterocycles. The minimum Gasteiger partial charge on any atom is -0.461 e. The van der Waals surface area contributed by atoms with Crippen molar-refractivity contribution in [1.29, 1.82) is 10.8 Å². The summed E-state index contributed by atoms with van der Waals surface area (Å²) < 4.78 is 25.7. The normalized spacial score (nSPS) is 18.0. The van der Waals surface area contributed by atoms with E-state index in [1.165, 1.54) is 12.2 Å². The van der Waals surface area contributed by atoms with Gasteiger partial charge in [0, 0.05) is 24.2 Å². The fraction of sp³-hybridized carbons (Fsp3) is 0.361. The number of carbonyl (C=O) groups excluding carboxylic acids is 1. The highest BCUT2D eigenvalue weighted by atomic mass is 19.1. The second-order valence-corrected chi connectivity index (χ2v) is 10.7. The average molecular weight is 588 g/mol. The topological polar surface area (TPSA) is 95.3 Å². The molecule has 230 valence electrons. The largest absolute Gasteiger partial charge is 0.461 e. The Balaban J connectivity index is 2.69. The fourth-order valence-corrected chi connectivity index (χ4v) is 4.36. The summed E-state index contributed by atoms with van der Waals surface area (Å²) in [5.74, 6) is 1.08. The maximum absolute atomic E-state index is 14.0. The third-order valence-electron chi connectivity index (χ3n) is 6.54. The Hall–Kier alpha value is -4.10. The van der Waals surface area contributed by atoms with Crippen LogP contribution >= 0.6 is 0 Å². The van der Waals surface area contributed by atoms with Gasteiger partial charge in [0.05, 0.1) is 0 Å². The lowest BCUT2D eigenvalue weighted by atomic mass is 9.88. The first-order valence-electron chi connectivity index (χ1n) is 14.9. The van der Waals surface area contributed by atoms with E-state index >= 15 is 0 Å². The number of nitrogens with one attached hydrogen (secondary N) is 3. The Labute approximate surface area is 256 Å². The van der Waals surface area contributed by atoms with Crippen molar-refractivity contribution >= 4 is 17.5 Å². The van der Waals surface area contributed by atoms with Crippen LogP contribution in [0.25, 0.3) is 0 Å². The minimum atomic E-state index is -0.739. The average Bonchev–Trinajstić information content (AvgIpc) is 3.02. The molecule has 1 heterocycles. The Morgan fingerprint density at radius 1 is 1.05 bits per heavy atom. The van der Waals surface area contributed by atoms with E-state index in [1.807, 2.05) is 19.1 Å². The predicted molar refractivity (Wildman–Crippen MR) is 176 cm³/mol. The van der Waals surface area contributed by atoms with Crippen molar-refractivity contribution in [2.75, 3.05) is 19.9 Å². The summed E-state index contributed by atoms with van der Waals surface area (Å²) in [7, 11) is 0. The molecule has 43 heavy (non-hydrogen) atoms. The SMILES string of the molecule is C=C(/C=C\C(=C)C1=C/C(=N)NC(=N)/C=C/C(=C/CF)C/1=C(\CC(C)C)Oc1ccc(C(=O)COCC)cc1)CCCCC. The number of carbonyl (C=O) groups is 1. The number of hydrogen-bond donors (Lipinski definition) is 3. The first-order chi connectivity index (χ1) is 20.6. The summed E-state index contributed by atoms with van der Waals surface area (Å²) in [5, 5.41) is 19.5. The Morgan fingerprint density at radius 2 is 1.77 bits per heavy atom. The molecule has 0 saturated heterocycles. The molecule has 2 rings (SSSR count). The highest BCUT2D eigenvalue weighted by Gasteiger charge is 2.22. The predicted octanol–water partition coefficient (Wildman–Crippen LogP) is 8.77. The molecule has 6 nitrogen and oxygen atoms in total. The summed E-state index contributed by atoms with van der Waals surface area (Å²) in [6, 6.07) is 6.83. The lowest BCUT2D eigenvalue weighted by Gasteiger charge is -2.22. The number of rotatable bonds is 16. The number of allylic oxidation sites excluding steroid dienone is 10. The van der Waals surface area contributed by atoms with E-state index < -0.39 is 6.67 Å². The highest BCUT2D eigenvalue weighted by molar-refractivity contribution is 6.09. The van der Waals surface area contributed by atoms with Crippen molar-refractivity contribution in [3.8, 4) is 5.75 Å². The molecule has 0 aliphatic carbocycles. The van der Waals surface area contributed by atoms with Crippen molar-refractivity contribution in [2.45, 2.75) is 59.8 Å². The number of halogens is 1. The van der Waals surface area contributed by atoms with Crippen LogP contribution in [0.15, 0.2) is 108 Å². The number of ether oxygens (including phenoxy) is 2. The second kappa shape index (κ2) is 18.4. The van der Waals surface area contributed by atoms with Crippen molar-refractivity contribution in [3.63, 3.8) is 0 Å². The second-order valence-electron chi connectivity index (χ2n) is 10.7. The molecule has 3 N–H and O–H groups in total. The van der Waals surface area contributed by atoms with E-state index in [0.717, 1.165) is 31.3 Å². The number of amidine groups is 2. The van der Waals surface area contributed by atoms with Crippen LogP contribution in [0.3, 0.4) is 0 Å². The van der Waals surface area contributed by atoms with E-state index in [9.17, 15) is 9.18 Å². The molecular formula is C36H46FN3O3. The van der Waals surface area contributed by atoms with E-state index in [4.69, 9.17) is 20.3 Å². The number of alkyl halides is 1. The van der Waals surface area contributed by atoms with Crippen LogP contribution in [-0.4, -0.2) is 37.3 Å².